The molecule has 0 bridgehead atoms. The standard InChI is InChI=1S/C12H19F6NO2/c1-19(2)10(11(13,14)15,12(16,17)18)8-6-4-3-5-7-9(20)21/h3-8H2,1-2H3,(H,20,21). The van der Waals surface area contributed by atoms with Crippen molar-refractivity contribution in [2.75, 3.05) is 14.1 Å². The number of hydrogen-bond acceptors (Lipinski definition) is 2. The van der Waals surface area contributed by atoms with Crippen LogP contribution in [0.5, 0.6) is 0 Å². The average molecular weight is 323 g/mol. The zero-order valence-corrected chi connectivity index (χ0v) is 11.8. The van der Waals surface area contributed by atoms with E-state index in [1.165, 1.54) is 0 Å². The van der Waals surface area contributed by atoms with Gasteiger partial charge in [0.05, 0.1) is 0 Å². The summed E-state index contributed by atoms with van der Waals surface area (Å²) in [5.41, 5.74) is -3.87. The minimum atomic E-state index is -5.43. The molecule has 0 unspecified atom stereocenters. The Morgan fingerprint density at radius 1 is 0.905 bits per heavy atom. The maximum atomic E-state index is 13.0. The highest BCUT2D eigenvalue weighted by Gasteiger charge is 2.71. The molecule has 0 aliphatic heterocycles. The van der Waals surface area contributed by atoms with E-state index in [-0.39, 0.29) is 37.0 Å². The third kappa shape index (κ3) is 5.05. The quantitative estimate of drug-likeness (QED) is 0.545. The Kier molecular flexibility index (Phi) is 6.98. The molecular formula is C12H19F6NO2. The molecule has 126 valence electrons. The molecular weight excluding hydrogens is 304 g/mol. The SMILES string of the molecule is CN(C)C(CCCCCCC(=O)O)(C(F)(F)F)C(F)(F)F. The first-order chi connectivity index (χ1) is 9.36. The molecule has 0 aliphatic rings. The normalized spacial score (nSPS) is 13.8. The van der Waals surface area contributed by atoms with Gasteiger partial charge in [-0.1, -0.05) is 19.3 Å². The van der Waals surface area contributed by atoms with Crippen molar-refractivity contribution in [2.24, 2.45) is 0 Å². The number of halogens is 6. The first-order valence-electron chi connectivity index (χ1n) is 6.39. The lowest BCUT2D eigenvalue weighted by Crippen LogP contribution is -2.65. The van der Waals surface area contributed by atoms with Crippen LogP contribution in [0.15, 0.2) is 0 Å². The van der Waals surface area contributed by atoms with Gasteiger partial charge in [-0.2, -0.15) is 26.3 Å². The van der Waals surface area contributed by atoms with Crippen LogP contribution in [0.4, 0.5) is 26.3 Å². The number of hydrogen-bond donors (Lipinski definition) is 1. The van der Waals surface area contributed by atoms with Crippen LogP contribution < -0.4 is 0 Å². The molecule has 0 aromatic heterocycles. The fraction of sp³-hybridized carbons (Fsp3) is 0.917. The van der Waals surface area contributed by atoms with Gasteiger partial charge in [0.15, 0.2) is 0 Å². The first-order valence-corrected chi connectivity index (χ1v) is 6.39. The van der Waals surface area contributed by atoms with Gasteiger partial charge in [0.2, 0.25) is 5.54 Å². The molecule has 0 aliphatic carbocycles. The summed E-state index contributed by atoms with van der Waals surface area (Å²) in [6, 6.07) is 0. The summed E-state index contributed by atoms with van der Waals surface area (Å²) >= 11 is 0. The van der Waals surface area contributed by atoms with Crippen molar-refractivity contribution in [3.8, 4) is 0 Å². The molecule has 3 nitrogen and oxygen atoms in total. The second-order valence-electron chi connectivity index (χ2n) is 5.06. The van der Waals surface area contributed by atoms with Gasteiger partial charge in [-0.25, -0.2) is 0 Å². The van der Waals surface area contributed by atoms with E-state index in [1.54, 1.807) is 0 Å². The van der Waals surface area contributed by atoms with E-state index in [2.05, 4.69) is 0 Å². The van der Waals surface area contributed by atoms with Gasteiger partial charge >= 0.3 is 18.3 Å². The van der Waals surface area contributed by atoms with Crippen molar-refractivity contribution in [2.45, 2.75) is 56.4 Å². The molecule has 0 rings (SSSR count). The highest BCUT2D eigenvalue weighted by molar-refractivity contribution is 5.66. The number of aliphatic carboxylic acids is 1. The van der Waals surface area contributed by atoms with E-state index in [9.17, 15) is 31.1 Å². The van der Waals surface area contributed by atoms with Crippen molar-refractivity contribution in [1.82, 2.24) is 4.90 Å². The van der Waals surface area contributed by atoms with Crippen LogP contribution >= 0.6 is 0 Å². The lowest BCUT2D eigenvalue weighted by molar-refractivity contribution is -0.337. The summed E-state index contributed by atoms with van der Waals surface area (Å²) in [6.07, 6.45) is -11.7. The number of carbonyl (C=O) groups is 1. The second kappa shape index (κ2) is 7.33. The van der Waals surface area contributed by atoms with Gasteiger partial charge in [-0.05, 0) is 26.9 Å². The molecule has 0 spiro atoms. The topological polar surface area (TPSA) is 40.5 Å². The lowest BCUT2D eigenvalue weighted by Gasteiger charge is -2.42. The molecule has 9 heteroatoms. The van der Waals surface area contributed by atoms with Crippen molar-refractivity contribution in [3.63, 3.8) is 0 Å². The number of carboxylic acid groups (broad SMARTS) is 1. The zero-order valence-electron chi connectivity index (χ0n) is 11.8. The predicted molar refractivity (Wildman–Crippen MR) is 63.9 cm³/mol. The van der Waals surface area contributed by atoms with Crippen molar-refractivity contribution >= 4 is 5.97 Å². The molecule has 0 saturated heterocycles. The van der Waals surface area contributed by atoms with Crippen LogP contribution in [0.3, 0.4) is 0 Å². The van der Waals surface area contributed by atoms with Crippen LogP contribution in [0, 0.1) is 0 Å². The summed E-state index contributed by atoms with van der Waals surface area (Å²) in [7, 11) is 1.51. The molecule has 0 aromatic rings. The number of carboxylic acids is 1. The molecule has 0 aromatic carbocycles. The molecule has 21 heavy (non-hydrogen) atoms. The molecule has 0 radical (unpaired) electrons. The van der Waals surface area contributed by atoms with E-state index < -0.39 is 30.3 Å². The Bertz CT molecular complexity index is 324. The van der Waals surface area contributed by atoms with Crippen LogP contribution in [-0.4, -0.2) is 48.0 Å². The molecule has 0 amide bonds. The van der Waals surface area contributed by atoms with E-state index in [0.29, 0.717) is 0 Å². The maximum Gasteiger partial charge on any atom is 0.415 e. The fourth-order valence-electron chi connectivity index (χ4n) is 2.19. The van der Waals surface area contributed by atoms with Crippen molar-refractivity contribution in [1.29, 1.82) is 0 Å². The molecule has 1 N–H and O–H groups in total. The van der Waals surface area contributed by atoms with Crippen LogP contribution in [0.2, 0.25) is 0 Å². The number of nitrogens with zero attached hydrogens (tertiary/aromatic N) is 1. The first kappa shape index (κ1) is 20.0. The average Bonchev–Trinajstić information content (AvgIpc) is 2.23. The van der Waals surface area contributed by atoms with Gasteiger partial charge in [0.25, 0.3) is 0 Å². The summed E-state index contributed by atoms with van der Waals surface area (Å²) in [4.78, 5) is 10.4. The van der Waals surface area contributed by atoms with Crippen LogP contribution in [-0.2, 0) is 4.79 Å². The van der Waals surface area contributed by atoms with E-state index in [4.69, 9.17) is 5.11 Å². The minimum Gasteiger partial charge on any atom is -0.481 e. The fourth-order valence-corrected chi connectivity index (χ4v) is 2.19. The predicted octanol–water partition coefficient (Wildman–Crippen LogP) is 3.84. The van der Waals surface area contributed by atoms with Crippen LogP contribution in [0.1, 0.15) is 38.5 Å². The van der Waals surface area contributed by atoms with E-state index >= 15 is 0 Å². The highest BCUT2D eigenvalue weighted by atomic mass is 19.4. The largest absolute Gasteiger partial charge is 0.481 e. The Balaban J connectivity index is 4.76. The van der Waals surface area contributed by atoms with Gasteiger partial charge in [0, 0.05) is 6.42 Å². The molecule has 0 atom stereocenters. The lowest BCUT2D eigenvalue weighted by atomic mass is 9.89. The molecule has 0 heterocycles. The van der Waals surface area contributed by atoms with Crippen molar-refractivity contribution < 1.29 is 36.2 Å². The smallest absolute Gasteiger partial charge is 0.415 e. The summed E-state index contributed by atoms with van der Waals surface area (Å²) in [5.74, 6) is -1.04. The summed E-state index contributed by atoms with van der Waals surface area (Å²) in [5, 5.41) is 8.38. The summed E-state index contributed by atoms with van der Waals surface area (Å²) in [6.45, 7) is 0. The third-order valence-corrected chi connectivity index (χ3v) is 3.38. The zero-order chi connectivity index (χ0) is 16.9. The second-order valence-corrected chi connectivity index (χ2v) is 5.06. The van der Waals surface area contributed by atoms with Gasteiger partial charge in [-0.3, -0.25) is 9.69 Å². The third-order valence-electron chi connectivity index (χ3n) is 3.38. The van der Waals surface area contributed by atoms with Crippen LogP contribution in [0.25, 0.3) is 0 Å². The Morgan fingerprint density at radius 3 is 1.67 bits per heavy atom. The number of alkyl halides is 6. The molecule has 0 saturated carbocycles. The molecule has 0 fully saturated rings. The Morgan fingerprint density at radius 2 is 1.33 bits per heavy atom. The number of rotatable bonds is 8. The maximum absolute atomic E-state index is 13.0. The number of unbranched alkanes of at least 4 members (excludes halogenated alkanes) is 3. The van der Waals surface area contributed by atoms with E-state index in [1.807, 2.05) is 0 Å². The van der Waals surface area contributed by atoms with E-state index in [0.717, 1.165) is 14.1 Å². The monoisotopic (exact) mass is 323 g/mol. The summed E-state index contributed by atoms with van der Waals surface area (Å²) < 4.78 is 77.8. The van der Waals surface area contributed by atoms with Gasteiger partial charge in [0.1, 0.15) is 0 Å². The minimum absolute atomic E-state index is 0.120. The Labute approximate surface area is 118 Å². The van der Waals surface area contributed by atoms with Gasteiger partial charge < -0.3 is 5.11 Å². The van der Waals surface area contributed by atoms with Crippen molar-refractivity contribution in [3.05, 3.63) is 0 Å². The van der Waals surface area contributed by atoms with Gasteiger partial charge in [-0.15, -0.1) is 0 Å². The Hall–Kier alpha value is -0.990. The highest BCUT2D eigenvalue weighted by Crippen LogP contribution is 2.49.